The molecule has 1 amide bonds. The summed E-state index contributed by atoms with van der Waals surface area (Å²) in [6.07, 6.45) is 5.24. The Labute approximate surface area is 137 Å². The Morgan fingerprint density at radius 2 is 2.17 bits per heavy atom. The third kappa shape index (κ3) is 7.23. The molecule has 0 fully saturated rings. The van der Waals surface area contributed by atoms with E-state index in [1.165, 1.54) is 4.90 Å². The van der Waals surface area contributed by atoms with Gasteiger partial charge in [0.1, 0.15) is 5.75 Å². The molecule has 1 rings (SSSR count). The number of benzene rings is 1. The van der Waals surface area contributed by atoms with Gasteiger partial charge in [0.15, 0.2) is 12.6 Å². The van der Waals surface area contributed by atoms with E-state index in [1.54, 1.807) is 14.1 Å². The molecular weight excluding hydrogens is 292 g/mol. The lowest BCUT2D eigenvalue weighted by molar-refractivity contribution is -0.130. The molecule has 0 bridgehead atoms. The highest BCUT2D eigenvalue weighted by Crippen LogP contribution is 2.14. The fraction of sp³-hybridized carbons (Fsp3) is 0.412. The van der Waals surface area contributed by atoms with E-state index in [9.17, 15) is 4.79 Å². The molecule has 2 N–H and O–H groups in total. The first-order valence-corrected chi connectivity index (χ1v) is 7.44. The van der Waals surface area contributed by atoms with Crippen LogP contribution in [0.2, 0.25) is 0 Å². The van der Waals surface area contributed by atoms with E-state index in [4.69, 9.17) is 11.2 Å². The molecule has 0 unspecified atom stereocenters. The van der Waals surface area contributed by atoms with Crippen LogP contribution in [-0.4, -0.2) is 50.6 Å². The van der Waals surface area contributed by atoms with E-state index >= 15 is 0 Å². The van der Waals surface area contributed by atoms with Crippen LogP contribution in [0.4, 0.5) is 0 Å². The third-order valence-electron chi connectivity index (χ3n) is 2.88. The quantitative estimate of drug-likeness (QED) is 0.444. The summed E-state index contributed by atoms with van der Waals surface area (Å²) in [5, 5.41) is 6.15. The van der Waals surface area contributed by atoms with Crippen molar-refractivity contribution in [1.29, 1.82) is 0 Å². The van der Waals surface area contributed by atoms with Crippen molar-refractivity contribution in [2.75, 3.05) is 33.8 Å². The van der Waals surface area contributed by atoms with E-state index in [-0.39, 0.29) is 12.5 Å². The number of likely N-dealkylation sites (N-methyl/N-ethyl adjacent to an activating group) is 1. The molecule has 23 heavy (non-hydrogen) atoms. The molecular formula is C17H24N4O2. The van der Waals surface area contributed by atoms with E-state index in [0.717, 1.165) is 12.1 Å². The van der Waals surface area contributed by atoms with Crippen molar-refractivity contribution in [3.8, 4) is 18.1 Å². The van der Waals surface area contributed by atoms with E-state index < -0.39 is 0 Å². The molecule has 6 heteroatoms. The van der Waals surface area contributed by atoms with Crippen molar-refractivity contribution in [2.45, 2.75) is 13.5 Å². The minimum atomic E-state index is -0.0821. The number of carbonyl (C=O) groups is 1. The Hall–Kier alpha value is -2.68. The highest BCUT2D eigenvalue weighted by molar-refractivity contribution is 5.80. The van der Waals surface area contributed by atoms with E-state index in [0.29, 0.717) is 24.8 Å². The van der Waals surface area contributed by atoms with Gasteiger partial charge in [0.2, 0.25) is 0 Å². The molecule has 0 atom stereocenters. The molecule has 0 saturated carbocycles. The van der Waals surface area contributed by atoms with E-state index in [2.05, 4.69) is 21.5 Å². The van der Waals surface area contributed by atoms with Gasteiger partial charge in [0.05, 0.1) is 13.1 Å². The van der Waals surface area contributed by atoms with Crippen molar-refractivity contribution in [3.63, 3.8) is 0 Å². The van der Waals surface area contributed by atoms with Gasteiger partial charge in [-0.3, -0.25) is 4.79 Å². The second-order valence-corrected chi connectivity index (χ2v) is 4.98. The first-order valence-electron chi connectivity index (χ1n) is 7.44. The summed E-state index contributed by atoms with van der Waals surface area (Å²) in [4.78, 5) is 17.5. The lowest BCUT2D eigenvalue weighted by Gasteiger charge is -2.12. The molecule has 1 aromatic carbocycles. The molecule has 0 heterocycles. The number of nitrogens with zero attached hydrogens (tertiary/aromatic N) is 2. The standard InChI is InChI=1S/C17H24N4O2/c1-5-10-19-17(18-6-2)20-12-14-8-7-9-15(11-14)23-13-16(22)21(3)4/h1,7-9,11H,6,10,12-13H2,2-4H3,(H2,18,19,20). The summed E-state index contributed by atoms with van der Waals surface area (Å²) in [5.41, 5.74) is 0.984. The average molecular weight is 316 g/mol. The molecule has 0 aromatic heterocycles. The van der Waals surface area contributed by atoms with Gasteiger partial charge in [0.25, 0.3) is 5.91 Å². The largest absolute Gasteiger partial charge is 0.484 e. The Morgan fingerprint density at radius 3 is 2.83 bits per heavy atom. The summed E-state index contributed by atoms with van der Waals surface area (Å²) in [5.74, 6) is 3.74. The van der Waals surface area contributed by atoms with Gasteiger partial charge in [-0.1, -0.05) is 18.1 Å². The molecule has 0 spiro atoms. The zero-order chi connectivity index (χ0) is 17.1. The second-order valence-electron chi connectivity index (χ2n) is 4.98. The van der Waals surface area contributed by atoms with Crippen LogP contribution in [0.25, 0.3) is 0 Å². The zero-order valence-corrected chi connectivity index (χ0v) is 13.9. The normalized spacial score (nSPS) is 10.6. The van der Waals surface area contributed by atoms with Crippen molar-refractivity contribution in [1.82, 2.24) is 15.5 Å². The summed E-state index contributed by atoms with van der Waals surface area (Å²) >= 11 is 0. The van der Waals surface area contributed by atoms with E-state index in [1.807, 2.05) is 31.2 Å². The minimum absolute atomic E-state index is 0.0199. The molecule has 1 aromatic rings. The molecule has 124 valence electrons. The first-order chi connectivity index (χ1) is 11.1. The summed E-state index contributed by atoms with van der Waals surface area (Å²) in [6, 6.07) is 7.52. The van der Waals surface area contributed by atoms with Gasteiger partial charge in [0, 0.05) is 20.6 Å². The fourth-order valence-corrected chi connectivity index (χ4v) is 1.65. The maximum absolute atomic E-state index is 11.5. The lowest BCUT2D eigenvalue weighted by atomic mass is 10.2. The smallest absolute Gasteiger partial charge is 0.259 e. The molecule has 0 aliphatic rings. The van der Waals surface area contributed by atoms with Gasteiger partial charge in [-0.05, 0) is 24.6 Å². The summed E-state index contributed by atoms with van der Waals surface area (Å²) in [7, 11) is 3.39. The van der Waals surface area contributed by atoms with Gasteiger partial charge in [-0.2, -0.15) is 0 Å². The minimum Gasteiger partial charge on any atom is -0.484 e. The number of hydrogen-bond donors (Lipinski definition) is 2. The molecule has 0 aliphatic carbocycles. The van der Waals surface area contributed by atoms with Crippen LogP contribution in [0, 0.1) is 12.3 Å². The summed E-state index contributed by atoms with van der Waals surface area (Å²) in [6.45, 7) is 3.67. The zero-order valence-electron chi connectivity index (χ0n) is 13.9. The van der Waals surface area contributed by atoms with Gasteiger partial charge >= 0.3 is 0 Å². The number of hydrogen-bond acceptors (Lipinski definition) is 3. The van der Waals surface area contributed by atoms with Crippen molar-refractivity contribution in [3.05, 3.63) is 29.8 Å². The lowest BCUT2D eigenvalue weighted by Crippen LogP contribution is -2.37. The number of ether oxygens (including phenoxy) is 1. The molecule has 0 radical (unpaired) electrons. The molecule has 6 nitrogen and oxygen atoms in total. The SMILES string of the molecule is C#CCNC(=NCc1cccc(OCC(=O)N(C)C)c1)NCC. The Kier molecular flexibility index (Phi) is 8.08. The third-order valence-corrected chi connectivity index (χ3v) is 2.88. The van der Waals surface area contributed by atoms with Crippen molar-refractivity contribution in [2.24, 2.45) is 4.99 Å². The van der Waals surface area contributed by atoms with Crippen LogP contribution in [0.3, 0.4) is 0 Å². The van der Waals surface area contributed by atoms with Crippen LogP contribution in [-0.2, 0) is 11.3 Å². The second kappa shape index (κ2) is 10.1. The first kappa shape index (κ1) is 18.4. The van der Waals surface area contributed by atoms with Gasteiger partial charge in [-0.25, -0.2) is 4.99 Å². The summed E-state index contributed by atoms with van der Waals surface area (Å²) < 4.78 is 5.49. The highest BCUT2D eigenvalue weighted by atomic mass is 16.5. The Bertz CT molecular complexity index is 576. The number of carbonyl (C=O) groups excluding carboxylic acids is 1. The molecule has 0 saturated heterocycles. The van der Waals surface area contributed by atoms with Crippen LogP contribution in [0.15, 0.2) is 29.3 Å². The number of terminal acetylenes is 1. The van der Waals surface area contributed by atoms with Gasteiger partial charge < -0.3 is 20.3 Å². The predicted molar refractivity (Wildman–Crippen MR) is 92.3 cm³/mol. The van der Waals surface area contributed by atoms with Crippen molar-refractivity contribution < 1.29 is 9.53 Å². The fourth-order valence-electron chi connectivity index (χ4n) is 1.65. The van der Waals surface area contributed by atoms with Crippen LogP contribution in [0.5, 0.6) is 5.75 Å². The topological polar surface area (TPSA) is 66.0 Å². The number of guanidine groups is 1. The van der Waals surface area contributed by atoms with Crippen LogP contribution < -0.4 is 15.4 Å². The highest BCUT2D eigenvalue weighted by Gasteiger charge is 2.05. The molecule has 0 aliphatic heterocycles. The maximum atomic E-state index is 11.5. The van der Waals surface area contributed by atoms with Crippen LogP contribution >= 0.6 is 0 Å². The Balaban J connectivity index is 2.65. The van der Waals surface area contributed by atoms with Crippen LogP contribution in [0.1, 0.15) is 12.5 Å². The monoisotopic (exact) mass is 316 g/mol. The number of rotatable bonds is 7. The average Bonchev–Trinajstić information content (AvgIpc) is 2.55. The maximum Gasteiger partial charge on any atom is 0.259 e. The predicted octanol–water partition coefficient (Wildman–Crippen LogP) is 0.842. The Morgan fingerprint density at radius 1 is 1.39 bits per heavy atom. The van der Waals surface area contributed by atoms with Gasteiger partial charge in [-0.15, -0.1) is 6.42 Å². The number of nitrogens with one attached hydrogen (secondary N) is 2. The number of aliphatic imine (C=N–C) groups is 1. The van der Waals surface area contributed by atoms with Crippen molar-refractivity contribution >= 4 is 11.9 Å². The number of amides is 1.